The molecule has 0 fully saturated rings. The number of nitrogens with zero attached hydrogens (tertiary/aromatic N) is 1. The van der Waals surface area contributed by atoms with E-state index in [2.05, 4.69) is 10.3 Å². The minimum atomic E-state index is -0.536. The van der Waals surface area contributed by atoms with Gasteiger partial charge in [0.05, 0.1) is 25.0 Å². The van der Waals surface area contributed by atoms with Crippen molar-refractivity contribution in [3.05, 3.63) is 29.8 Å². The molecule has 0 aromatic carbocycles. The van der Waals surface area contributed by atoms with Gasteiger partial charge in [-0.15, -0.1) is 11.6 Å². The summed E-state index contributed by atoms with van der Waals surface area (Å²) >= 11 is 5.39. The second kappa shape index (κ2) is 7.14. The molecular weight excluding hydrogens is 235 g/mol. The van der Waals surface area contributed by atoms with Gasteiger partial charge in [0.1, 0.15) is 5.82 Å². The van der Waals surface area contributed by atoms with Crippen LogP contribution < -0.4 is 5.32 Å². The van der Waals surface area contributed by atoms with E-state index in [4.69, 9.17) is 16.3 Å². The normalized spacial score (nSPS) is 10.1. The Balaban J connectivity index is 2.30. The molecule has 88 valence electrons. The maximum Gasteiger partial charge on any atom is 0.253 e. The molecule has 16 heavy (non-hydrogen) atoms. The summed E-state index contributed by atoms with van der Waals surface area (Å²) in [6.45, 7) is 1.17. The van der Waals surface area contributed by atoms with E-state index in [0.717, 1.165) is 12.3 Å². The number of rotatable bonds is 6. The number of carbonyl (C=O) groups is 1. The molecule has 0 radical (unpaired) electrons. The summed E-state index contributed by atoms with van der Waals surface area (Å²) in [5.41, 5.74) is 0.192. The monoisotopic (exact) mass is 246 g/mol. The molecule has 1 amide bonds. The molecule has 0 unspecified atom stereocenters. The lowest BCUT2D eigenvalue weighted by Gasteiger charge is -2.05. The molecular formula is C10H12ClFN2O2. The lowest BCUT2D eigenvalue weighted by Crippen LogP contribution is -2.27. The second-order valence-electron chi connectivity index (χ2n) is 2.95. The van der Waals surface area contributed by atoms with E-state index in [1.165, 1.54) is 6.20 Å². The molecule has 0 aliphatic carbocycles. The zero-order valence-corrected chi connectivity index (χ0v) is 9.34. The molecule has 1 rings (SSSR count). The Morgan fingerprint density at radius 1 is 1.50 bits per heavy atom. The lowest BCUT2D eigenvalue weighted by molar-refractivity contribution is 0.0922. The first-order chi connectivity index (χ1) is 7.74. The molecule has 1 aromatic heterocycles. The third kappa shape index (κ3) is 4.55. The van der Waals surface area contributed by atoms with Gasteiger partial charge in [-0.3, -0.25) is 9.78 Å². The maximum absolute atomic E-state index is 12.7. The van der Waals surface area contributed by atoms with Crippen molar-refractivity contribution in [1.82, 2.24) is 10.3 Å². The van der Waals surface area contributed by atoms with Gasteiger partial charge in [0.15, 0.2) is 0 Å². The summed E-state index contributed by atoms with van der Waals surface area (Å²) in [7, 11) is 0. The number of hydrogen-bond acceptors (Lipinski definition) is 3. The van der Waals surface area contributed by atoms with E-state index in [9.17, 15) is 9.18 Å². The highest BCUT2D eigenvalue weighted by atomic mass is 35.5. The topological polar surface area (TPSA) is 51.2 Å². The van der Waals surface area contributed by atoms with Gasteiger partial charge in [-0.2, -0.15) is 0 Å². The minimum Gasteiger partial charge on any atom is -0.378 e. The van der Waals surface area contributed by atoms with Gasteiger partial charge in [-0.05, 0) is 6.07 Å². The van der Waals surface area contributed by atoms with E-state index < -0.39 is 5.82 Å². The van der Waals surface area contributed by atoms with E-state index in [-0.39, 0.29) is 11.5 Å². The molecule has 1 N–H and O–H groups in total. The highest BCUT2D eigenvalue weighted by molar-refractivity contribution is 6.17. The molecule has 1 aromatic rings. The highest BCUT2D eigenvalue weighted by Gasteiger charge is 2.05. The molecule has 0 aliphatic rings. The highest BCUT2D eigenvalue weighted by Crippen LogP contribution is 1.99. The van der Waals surface area contributed by atoms with Crippen molar-refractivity contribution in [2.24, 2.45) is 0 Å². The van der Waals surface area contributed by atoms with Crippen LogP contribution in [0.2, 0.25) is 0 Å². The van der Waals surface area contributed by atoms with Crippen LogP contribution in [0.25, 0.3) is 0 Å². The standard InChI is InChI=1S/C10H12ClFN2O2/c11-1-3-16-4-2-14-10(15)8-5-9(12)7-13-6-8/h5-7H,1-4H2,(H,14,15). The SMILES string of the molecule is O=C(NCCOCCCl)c1cncc(F)c1. The summed E-state index contributed by atoms with van der Waals surface area (Å²) in [5, 5.41) is 2.57. The summed E-state index contributed by atoms with van der Waals surface area (Å²) < 4.78 is 17.8. The van der Waals surface area contributed by atoms with Crippen molar-refractivity contribution < 1.29 is 13.9 Å². The molecule has 0 spiro atoms. The van der Waals surface area contributed by atoms with Gasteiger partial charge in [-0.25, -0.2) is 4.39 Å². The van der Waals surface area contributed by atoms with Gasteiger partial charge in [0.2, 0.25) is 0 Å². The number of halogens is 2. The maximum atomic E-state index is 12.7. The van der Waals surface area contributed by atoms with Crippen molar-refractivity contribution in [2.45, 2.75) is 0 Å². The summed E-state index contributed by atoms with van der Waals surface area (Å²) in [5.74, 6) is -0.491. The summed E-state index contributed by atoms with van der Waals surface area (Å²) in [6, 6.07) is 1.13. The van der Waals surface area contributed by atoms with Crippen molar-refractivity contribution in [1.29, 1.82) is 0 Å². The fraction of sp³-hybridized carbons (Fsp3) is 0.400. The zero-order chi connectivity index (χ0) is 11.8. The van der Waals surface area contributed by atoms with Crippen LogP contribution in [0.3, 0.4) is 0 Å². The van der Waals surface area contributed by atoms with Gasteiger partial charge < -0.3 is 10.1 Å². The molecule has 4 nitrogen and oxygen atoms in total. The number of nitrogens with one attached hydrogen (secondary N) is 1. The smallest absolute Gasteiger partial charge is 0.253 e. The Hall–Kier alpha value is -1.20. The average molecular weight is 247 g/mol. The van der Waals surface area contributed by atoms with Crippen LogP contribution in [-0.4, -0.2) is 36.5 Å². The fourth-order valence-corrected chi connectivity index (χ4v) is 1.14. The lowest BCUT2D eigenvalue weighted by atomic mass is 10.2. The van der Waals surface area contributed by atoms with Crippen molar-refractivity contribution in [3.8, 4) is 0 Å². The first kappa shape index (κ1) is 12.9. The van der Waals surface area contributed by atoms with E-state index in [1.807, 2.05) is 0 Å². The molecule has 0 bridgehead atoms. The van der Waals surface area contributed by atoms with Crippen LogP contribution in [0.15, 0.2) is 18.5 Å². The third-order valence-electron chi connectivity index (χ3n) is 1.72. The van der Waals surface area contributed by atoms with Gasteiger partial charge in [-0.1, -0.05) is 0 Å². The number of carbonyl (C=O) groups excluding carboxylic acids is 1. The van der Waals surface area contributed by atoms with E-state index in [0.29, 0.717) is 25.6 Å². The van der Waals surface area contributed by atoms with Crippen molar-refractivity contribution in [3.63, 3.8) is 0 Å². The van der Waals surface area contributed by atoms with Crippen LogP contribution in [-0.2, 0) is 4.74 Å². The predicted molar refractivity (Wildman–Crippen MR) is 58.1 cm³/mol. The van der Waals surface area contributed by atoms with Crippen molar-refractivity contribution in [2.75, 3.05) is 25.6 Å². The van der Waals surface area contributed by atoms with Gasteiger partial charge >= 0.3 is 0 Å². The van der Waals surface area contributed by atoms with Crippen LogP contribution in [0.4, 0.5) is 4.39 Å². The predicted octanol–water partition coefficient (Wildman–Crippen LogP) is 1.21. The van der Waals surface area contributed by atoms with Crippen LogP contribution in [0.5, 0.6) is 0 Å². The largest absolute Gasteiger partial charge is 0.378 e. The van der Waals surface area contributed by atoms with Crippen LogP contribution in [0.1, 0.15) is 10.4 Å². The summed E-state index contributed by atoms with van der Waals surface area (Å²) in [6.07, 6.45) is 2.35. The first-order valence-corrected chi connectivity index (χ1v) is 5.30. The quantitative estimate of drug-likeness (QED) is 0.606. The fourth-order valence-electron chi connectivity index (χ4n) is 1.03. The third-order valence-corrected chi connectivity index (χ3v) is 1.87. The molecule has 1 heterocycles. The van der Waals surface area contributed by atoms with E-state index >= 15 is 0 Å². The van der Waals surface area contributed by atoms with Crippen molar-refractivity contribution >= 4 is 17.5 Å². The number of amides is 1. The molecule has 6 heteroatoms. The Morgan fingerprint density at radius 2 is 2.31 bits per heavy atom. The average Bonchev–Trinajstić information content (AvgIpc) is 2.28. The molecule has 0 aliphatic heterocycles. The Labute approximate surface area is 97.8 Å². The number of ether oxygens (including phenoxy) is 1. The summed E-state index contributed by atoms with van der Waals surface area (Å²) in [4.78, 5) is 15.0. The van der Waals surface area contributed by atoms with Crippen LogP contribution >= 0.6 is 11.6 Å². The minimum absolute atomic E-state index is 0.192. The first-order valence-electron chi connectivity index (χ1n) is 4.76. The Morgan fingerprint density at radius 3 is 3.00 bits per heavy atom. The van der Waals surface area contributed by atoms with E-state index in [1.54, 1.807) is 0 Å². The molecule has 0 saturated carbocycles. The zero-order valence-electron chi connectivity index (χ0n) is 8.58. The Kier molecular flexibility index (Phi) is 5.74. The number of alkyl halides is 1. The molecule has 0 saturated heterocycles. The molecule has 0 atom stereocenters. The van der Waals surface area contributed by atoms with Gasteiger partial charge in [0.25, 0.3) is 5.91 Å². The second-order valence-corrected chi connectivity index (χ2v) is 3.33. The number of hydrogen-bond donors (Lipinski definition) is 1. The number of aromatic nitrogens is 1. The van der Waals surface area contributed by atoms with Gasteiger partial charge in [0, 0.05) is 18.6 Å². The van der Waals surface area contributed by atoms with Crippen LogP contribution in [0, 0.1) is 5.82 Å². The Bertz CT molecular complexity index is 349. The number of pyridine rings is 1.